The van der Waals surface area contributed by atoms with Gasteiger partial charge in [-0.15, -0.1) is 0 Å². The van der Waals surface area contributed by atoms with Crippen LogP contribution >= 0.6 is 0 Å². The molecule has 0 spiro atoms. The molecule has 0 bridgehead atoms. The van der Waals surface area contributed by atoms with Crippen molar-refractivity contribution in [2.45, 2.75) is 37.6 Å². The zero-order chi connectivity index (χ0) is 12.4. The molecule has 18 heavy (non-hydrogen) atoms. The lowest BCUT2D eigenvalue weighted by molar-refractivity contribution is 0.0925. The van der Waals surface area contributed by atoms with Crippen molar-refractivity contribution in [1.82, 2.24) is 20.6 Å². The summed E-state index contributed by atoms with van der Waals surface area (Å²) in [7, 11) is 0. The fourth-order valence-corrected chi connectivity index (χ4v) is 2.27. The first-order valence-corrected chi connectivity index (χ1v) is 6.67. The van der Waals surface area contributed by atoms with Gasteiger partial charge in [-0.05, 0) is 38.3 Å². The number of carbonyl (C=O) groups excluding carboxylic acids is 1. The third-order valence-corrected chi connectivity index (χ3v) is 3.48. The van der Waals surface area contributed by atoms with Crippen molar-refractivity contribution in [3.05, 3.63) is 23.8 Å². The van der Waals surface area contributed by atoms with E-state index in [1.54, 1.807) is 12.3 Å². The topological polar surface area (TPSA) is 66.9 Å². The van der Waals surface area contributed by atoms with E-state index >= 15 is 0 Å². The van der Waals surface area contributed by atoms with Crippen molar-refractivity contribution in [3.63, 3.8) is 0 Å². The summed E-state index contributed by atoms with van der Waals surface area (Å²) in [6, 6.07) is 1.92. The highest BCUT2D eigenvalue weighted by Crippen LogP contribution is 2.37. The average Bonchev–Trinajstić information content (AvgIpc) is 3.24. The van der Waals surface area contributed by atoms with Crippen LogP contribution in [0, 0.1) is 0 Å². The Kier molecular flexibility index (Phi) is 3.23. The minimum atomic E-state index is -0.0759. The normalized spacial score (nSPS) is 23.7. The van der Waals surface area contributed by atoms with Crippen LogP contribution in [0.15, 0.2) is 12.3 Å². The number of rotatable bonds is 3. The van der Waals surface area contributed by atoms with Crippen molar-refractivity contribution >= 4 is 5.91 Å². The Balaban J connectivity index is 1.65. The van der Waals surface area contributed by atoms with E-state index in [0.717, 1.165) is 44.6 Å². The summed E-state index contributed by atoms with van der Waals surface area (Å²) in [5.41, 5.74) is 0.498. The van der Waals surface area contributed by atoms with Gasteiger partial charge < -0.3 is 10.6 Å². The maximum atomic E-state index is 12.1. The maximum absolute atomic E-state index is 12.1. The molecule has 1 saturated heterocycles. The largest absolute Gasteiger partial charge is 0.347 e. The zero-order valence-corrected chi connectivity index (χ0v) is 10.4. The number of aromatic nitrogens is 2. The van der Waals surface area contributed by atoms with Crippen LogP contribution in [-0.4, -0.2) is 35.0 Å². The summed E-state index contributed by atoms with van der Waals surface area (Å²) in [5.74, 6) is 1.23. The molecule has 1 saturated carbocycles. The molecule has 0 unspecified atom stereocenters. The molecule has 0 radical (unpaired) electrons. The van der Waals surface area contributed by atoms with Crippen LogP contribution in [0.25, 0.3) is 0 Å². The van der Waals surface area contributed by atoms with E-state index in [-0.39, 0.29) is 11.9 Å². The van der Waals surface area contributed by atoms with Crippen molar-refractivity contribution < 1.29 is 4.79 Å². The van der Waals surface area contributed by atoms with E-state index in [2.05, 4.69) is 20.6 Å². The van der Waals surface area contributed by atoms with Crippen molar-refractivity contribution in [2.75, 3.05) is 13.1 Å². The van der Waals surface area contributed by atoms with Gasteiger partial charge in [-0.2, -0.15) is 0 Å². The van der Waals surface area contributed by atoms with Crippen LogP contribution in [0.5, 0.6) is 0 Å². The molecule has 0 aromatic carbocycles. The number of amides is 1. The van der Waals surface area contributed by atoms with E-state index in [1.165, 1.54) is 0 Å². The Morgan fingerprint density at radius 3 is 3.00 bits per heavy atom. The molecule has 1 aliphatic carbocycles. The van der Waals surface area contributed by atoms with Gasteiger partial charge in [-0.1, -0.05) is 0 Å². The van der Waals surface area contributed by atoms with Crippen molar-refractivity contribution in [2.24, 2.45) is 0 Å². The smallest absolute Gasteiger partial charge is 0.270 e. The standard InChI is InChI=1S/C13H18N4O/c18-13(16-10-2-1-6-14-8-10)11-5-7-15-12(17-11)9-3-4-9/h5,7,9-10,14H,1-4,6,8H2,(H,16,18)/t10-/m0/s1. The molecule has 1 atom stereocenters. The van der Waals surface area contributed by atoms with Crippen molar-refractivity contribution in [3.8, 4) is 0 Å². The summed E-state index contributed by atoms with van der Waals surface area (Å²) in [5, 5.41) is 6.31. The molecule has 1 aliphatic heterocycles. The first-order chi connectivity index (χ1) is 8.83. The van der Waals surface area contributed by atoms with E-state index < -0.39 is 0 Å². The quantitative estimate of drug-likeness (QED) is 0.829. The molecule has 2 N–H and O–H groups in total. The number of hydrogen-bond donors (Lipinski definition) is 2. The van der Waals surface area contributed by atoms with Gasteiger partial charge in [0, 0.05) is 24.7 Å². The highest BCUT2D eigenvalue weighted by molar-refractivity contribution is 5.92. The Morgan fingerprint density at radius 2 is 2.28 bits per heavy atom. The maximum Gasteiger partial charge on any atom is 0.270 e. The van der Waals surface area contributed by atoms with Crippen LogP contribution in [-0.2, 0) is 0 Å². The highest BCUT2D eigenvalue weighted by Gasteiger charge is 2.27. The SMILES string of the molecule is O=C(N[C@H]1CCCNC1)c1ccnc(C2CC2)n1. The summed E-state index contributed by atoms with van der Waals surface area (Å²) in [4.78, 5) is 20.7. The van der Waals surface area contributed by atoms with Gasteiger partial charge in [0.05, 0.1) is 0 Å². The van der Waals surface area contributed by atoms with Gasteiger partial charge in [-0.3, -0.25) is 4.79 Å². The highest BCUT2D eigenvalue weighted by atomic mass is 16.1. The Hall–Kier alpha value is -1.49. The molecule has 3 rings (SSSR count). The van der Waals surface area contributed by atoms with Crippen LogP contribution in [0.1, 0.15) is 47.9 Å². The summed E-state index contributed by atoms with van der Waals surface area (Å²) in [6.07, 6.45) is 6.14. The average molecular weight is 246 g/mol. The second-order valence-corrected chi connectivity index (χ2v) is 5.09. The van der Waals surface area contributed by atoms with Gasteiger partial charge in [0.2, 0.25) is 0 Å². The first-order valence-electron chi connectivity index (χ1n) is 6.67. The van der Waals surface area contributed by atoms with Gasteiger partial charge in [0.25, 0.3) is 5.91 Å². The number of hydrogen-bond acceptors (Lipinski definition) is 4. The molecule has 2 heterocycles. The van der Waals surface area contributed by atoms with E-state index in [4.69, 9.17) is 0 Å². The number of carbonyl (C=O) groups is 1. The van der Waals surface area contributed by atoms with Crippen LogP contribution in [0.2, 0.25) is 0 Å². The molecule has 96 valence electrons. The van der Waals surface area contributed by atoms with Crippen LogP contribution < -0.4 is 10.6 Å². The molecule has 2 fully saturated rings. The molecule has 5 nitrogen and oxygen atoms in total. The zero-order valence-electron chi connectivity index (χ0n) is 10.4. The van der Waals surface area contributed by atoms with E-state index in [0.29, 0.717) is 11.6 Å². The molecular weight excluding hydrogens is 228 g/mol. The summed E-state index contributed by atoms with van der Waals surface area (Å²) < 4.78 is 0. The predicted molar refractivity (Wildman–Crippen MR) is 67.4 cm³/mol. The minimum absolute atomic E-state index is 0.0759. The number of nitrogens with zero attached hydrogens (tertiary/aromatic N) is 2. The monoisotopic (exact) mass is 246 g/mol. The number of nitrogens with one attached hydrogen (secondary N) is 2. The Morgan fingerprint density at radius 1 is 1.39 bits per heavy atom. The number of piperidine rings is 1. The molecular formula is C13H18N4O. The third-order valence-electron chi connectivity index (χ3n) is 3.48. The van der Waals surface area contributed by atoms with Gasteiger partial charge in [-0.25, -0.2) is 9.97 Å². The second-order valence-electron chi connectivity index (χ2n) is 5.09. The Labute approximate surface area is 106 Å². The van der Waals surface area contributed by atoms with Gasteiger partial charge in [0.1, 0.15) is 11.5 Å². The molecule has 5 heteroatoms. The van der Waals surface area contributed by atoms with E-state index in [1.807, 2.05) is 0 Å². The van der Waals surface area contributed by atoms with Gasteiger partial charge >= 0.3 is 0 Å². The molecule has 2 aliphatic rings. The summed E-state index contributed by atoms with van der Waals surface area (Å²) in [6.45, 7) is 1.90. The van der Waals surface area contributed by atoms with Crippen LogP contribution in [0.3, 0.4) is 0 Å². The fraction of sp³-hybridized carbons (Fsp3) is 0.615. The summed E-state index contributed by atoms with van der Waals surface area (Å²) >= 11 is 0. The molecule has 1 aromatic rings. The Bertz CT molecular complexity index is 438. The minimum Gasteiger partial charge on any atom is -0.347 e. The fourth-order valence-electron chi connectivity index (χ4n) is 2.27. The van der Waals surface area contributed by atoms with Gasteiger partial charge in [0.15, 0.2) is 0 Å². The van der Waals surface area contributed by atoms with E-state index in [9.17, 15) is 4.79 Å². The van der Waals surface area contributed by atoms with Crippen molar-refractivity contribution in [1.29, 1.82) is 0 Å². The predicted octanol–water partition coefficient (Wildman–Crippen LogP) is 0.836. The third kappa shape index (κ3) is 2.67. The lowest BCUT2D eigenvalue weighted by atomic mass is 10.1. The second kappa shape index (κ2) is 5.02. The molecule has 1 amide bonds. The molecule has 1 aromatic heterocycles. The lowest BCUT2D eigenvalue weighted by Gasteiger charge is -2.23. The lowest BCUT2D eigenvalue weighted by Crippen LogP contribution is -2.45. The first kappa shape index (κ1) is 11.6. The van der Waals surface area contributed by atoms with Crippen LogP contribution in [0.4, 0.5) is 0 Å².